The van der Waals surface area contributed by atoms with Crippen LogP contribution >= 0.6 is 11.8 Å². The lowest BCUT2D eigenvalue weighted by atomic mass is 10.1. The molecule has 2 aromatic rings. The van der Waals surface area contributed by atoms with Crippen molar-refractivity contribution in [3.63, 3.8) is 0 Å². The van der Waals surface area contributed by atoms with Crippen LogP contribution in [0.1, 0.15) is 56.0 Å². The minimum absolute atomic E-state index is 0.0632. The molecule has 0 saturated heterocycles. The number of hydrogen-bond donors (Lipinski definition) is 0. The van der Waals surface area contributed by atoms with Crippen LogP contribution in [0, 0.1) is 0 Å². The maximum Gasteiger partial charge on any atom is 0.433 e. The average Bonchev–Trinajstić information content (AvgIpc) is 2.87. The highest BCUT2D eigenvalue weighted by molar-refractivity contribution is 7.99. The summed E-state index contributed by atoms with van der Waals surface area (Å²) in [6.07, 6.45) is 5.52. The van der Waals surface area contributed by atoms with Gasteiger partial charge in [-0.1, -0.05) is 50.4 Å². The molecular formula is C27H34F3N3O3S. The fourth-order valence-corrected chi connectivity index (χ4v) is 4.40. The van der Waals surface area contributed by atoms with E-state index in [1.807, 2.05) is 12.1 Å². The van der Waals surface area contributed by atoms with E-state index in [1.54, 1.807) is 38.4 Å². The number of halogens is 3. The number of ether oxygens (including phenoxy) is 2. The third kappa shape index (κ3) is 10.1. The van der Waals surface area contributed by atoms with Crippen molar-refractivity contribution in [3.8, 4) is 11.5 Å². The molecule has 2 rings (SSSR count). The number of hydrogen-bond acceptors (Lipinski definition) is 7. The quantitative estimate of drug-likeness (QED) is 0.0618. The lowest BCUT2D eigenvalue weighted by molar-refractivity contribution is -0.141. The summed E-state index contributed by atoms with van der Waals surface area (Å²) in [7, 11) is 4.87. The van der Waals surface area contributed by atoms with E-state index in [4.69, 9.17) is 9.47 Å². The van der Waals surface area contributed by atoms with Gasteiger partial charge in [0.05, 0.1) is 19.9 Å². The highest BCUT2D eigenvalue weighted by Gasteiger charge is 2.34. The molecule has 10 heteroatoms. The maximum atomic E-state index is 13.6. The Hall–Kier alpha value is -3.01. The summed E-state index contributed by atoms with van der Waals surface area (Å²) >= 11 is 1.21. The van der Waals surface area contributed by atoms with Gasteiger partial charge in [0.15, 0.2) is 16.7 Å². The number of nitrogens with zero attached hydrogens (tertiary/aromatic N) is 3. The summed E-state index contributed by atoms with van der Waals surface area (Å²) in [4.78, 5) is 21.0. The van der Waals surface area contributed by atoms with Crippen LogP contribution in [0.2, 0.25) is 0 Å². The Morgan fingerprint density at radius 2 is 1.78 bits per heavy atom. The summed E-state index contributed by atoms with van der Waals surface area (Å²) in [5, 5.41) is 0.0632. The van der Waals surface area contributed by atoms with E-state index >= 15 is 0 Å². The topological polar surface area (TPSA) is 64.6 Å². The average molecular weight is 538 g/mol. The van der Waals surface area contributed by atoms with E-state index in [0.29, 0.717) is 35.7 Å². The SMILES string of the molecule is CCCCCCCSc1nc(C(/C=C\C=O)=C/N(C)Cc2ccc(OC)c(OC)c2)cc(C(F)(F)F)n1. The molecule has 37 heavy (non-hydrogen) atoms. The summed E-state index contributed by atoms with van der Waals surface area (Å²) in [5.74, 6) is 1.79. The molecule has 0 aliphatic heterocycles. The van der Waals surface area contributed by atoms with Gasteiger partial charge in [-0.15, -0.1) is 0 Å². The number of aromatic nitrogens is 2. The van der Waals surface area contributed by atoms with Crippen LogP contribution in [-0.2, 0) is 17.5 Å². The summed E-state index contributed by atoms with van der Waals surface area (Å²) in [5.41, 5.74) is 0.327. The molecule has 0 radical (unpaired) electrons. The summed E-state index contributed by atoms with van der Waals surface area (Å²) < 4.78 is 51.6. The Bertz CT molecular complexity index is 1070. The second kappa shape index (κ2) is 15.3. The van der Waals surface area contributed by atoms with Crippen LogP contribution in [-0.4, -0.2) is 48.2 Å². The van der Waals surface area contributed by atoms with Crippen molar-refractivity contribution in [3.05, 3.63) is 59.6 Å². The Morgan fingerprint density at radius 1 is 1.05 bits per heavy atom. The van der Waals surface area contributed by atoms with Gasteiger partial charge in [0.1, 0.15) is 12.0 Å². The van der Waals surface area contributed by atoms with Gasteiger partial charge in [-0.2, -0.15) is 13.2 Å². The zero-order chi connectivity index (χ0) is 27.3. The lowest BCUT2D eigenvalue weighted by Crippen LogP contribution is -2.13. The largest absolute Gasteiger partial charge is 0.493 e. The number of allylic oxidation sites excluding steroid dienone is 3. The van der Waals surface area contributed by atoms with Crippen molar-refractivity contribution in [2.24, 2.45) is 0 Å². The highest BCUT2D eigenvalue weighted by atomic mass is 32.2. The van der Waals surface area contributed by atoms with Crippen LogP contribution < -0.4 is 9.47 Å². The van der Waals surface area contributed by atoms with Crippen LogP contribution in [0.3, 0.4) is 0 Å². The second-order valence-corrected chi connectivity index (χ2v) is 9.43. The first-order chi connectivity index (χ1) is 17.7. The number of alkyl halides is 3. The van der Waals surface area contributed by atoms with E-state index in [1.165, 1.54) is 23.9 Å². The van der Waals surface area contributed by atoms with Crippen LogP contribution in [0.25, 0.3) is 5.57 Å². The van der Waals surface area contributed by atoms with Crippen molar-refractivity contribution in [2.75, 3.05) is 27.0 Å². The number of methoxy groups -OCH3 is 2. The first-order valence-corrected chi connectivity index (χ1v) is 13.0. The monoisotopic (exact) mass is 537 g/mol. The standard InChI is InChI=1S/C27H34F3N3O3S/c1-5-6-7-8-9-15-37-26-31-22(17-25(32-26)27(28,29)30)21(11-10-14-34)19-33(2)18-20-12-13-23(35-3)24(16-20)36-4/h10-14,16-17,19H,5-9,15,18H2,1-4H3/b11-10-,21-19+. The number of thioether (sulfide) groups is 1. The molecule has 0 unspecified atom stereocenters. The molecule has 0 aliphatic rings. The van der Waals surface area contributed by atoms with Gasteiger partial charge in [-0.3, -0.25) is 4.79 Å². The van der Waals surface area contributed by atoms with E-state index in [9.17, 15) is 18.0 Å². The fraction of sp³-hybridized carbons (Fsp3) is 0.444. The summed E-state index contributed by atoms with van der Waals surface area (Å²) in [6, 6.07) is 6.39. The second-order valence-electron chi connectivity index (χ2n) is 8.37. The third-order valence-corrected chi connectivity index (χ3v) is 6.30. The predicted octanol–water partition coefficient (Wildman–Crippen LogP) is 6.80. The number of benzene rings is 1. The van der Waals surface area contributed by atoms with E-state index < -0.39 is 11.9 Å². The molecule has 0 spiro atoms. The van der Waals surface area contributed by atoms with Crippen molar-refractivity contribution in [1.29, 1.82) is 0 Å². The first-order valence-electron chi connectivity index (χ1n) is 12.1. The molecule has 0 fully saturated rings. The first kappa shape index (κ1) is 30.2. The van der Waals surface area contributed by atoms with Gasteiger partial charge in [0.2, 0.25) is 0 Å². The fourth-order valence-electron chi connectivity index (χ4n) is 3.54. The number of unbranched alkanes of at least 4 members (excludes halogenated alkanes) is 4. The summed E-state index contributed by atoms with van der Waals surface area (Å²) in [6.45, 7) is 2.55. The van der Waals surface area contributed by atoms with Crippen molar-refractivity contribution in [2.45, 2.75) is 56.9 Å². The number of carbonyl (C=O) groups is 1. The zero-order valence-electron chi connectivity index (χ0n) is 21.7. The Labute approximate surface area is 221 Å². The Morgan fingerprint density at radius 3 is 2.43 bits per heavy atom. The molecule has 0 amide bonds. The van der Waals surface area contributed by atoms with Crippen LogP contribution in [0.4, 0.5) is 13.2 Å². The van der Waals surface area contributed by atoms with E-state index in [2.05, 4.69) is 16.9 Å². The zero-order valence-corrected chi connectivity index (χ0v) is 22.5. The molecule has 0 atom stereocenters. The van der Waals surface area contributed by atoms with Gasteiger partial charge in [-0.25, -0.2) is 9.97 Å². The highest BCUT2D eigenvalue weighted by Crippen LogP contribution is 2.32. The molecule has 0 aliphatic carbocycles. The van der Waals surface area contributed by atoms with Gasteiger partial charge < -0.3 is 14.4 Å². The van der Waals surface area contributed by atoms with Gasteiger partial charge in [-0.05, 0) is 42.3 Å². The third-order valence-electron chi connectivity index (χ3n) is 5.36. The van der Waals surface area contributed by atoms with Crippen LogP contribution in [0.15, 0.2) is 47.8 Å². The Balaban J connectivity index is 2.33. The minimum atomic E-state index is -4.63. The van der Waals surface area contributed by atoms with Gasteiger partial charge in [0.25, 0.3) is 0 Å². The lowest BCUT2D eigenvalue weighted by Gasteiger charge is -2.18. The molecule has 1 aromatic carbocycles. The molecule has 202 valence electrons. The smallest absolute Gasteiger partial charge is 0.433 e. The molecule has 0 saturated carbocycles. The molecule has 1 heterocycles. The van der Waals surface area contributed by atoms with E-state index in [-0.39, 0.29) is 10.9 Å². The van der Waals surface area contributed by atoms with Crippen molar-refractivity contribution >= 4 is 23.6 Å². The van der Waals surface area contributed by atoms with Crippen LogP contribution in [0.5, 0.6) is 11.5 Å². The number of rotatable bonds is 15. The molecule has 0 bridgehead atoms. The maximum absolute atomic E-state index is 13.6. The molecular weight excluding hydrogens is 503 g/mol. The van der Waals surface area contributed by atoms with E-state index in [0.717, 1.165) is 43.7 Å². The van der Waals surface area contributed by atoms with Gasteiger partial charge in [0, 0.05) is 31.1 Å². The number of aldehydes is 1. The predicted molar refractivity (Wildman–Crippen MR) is 141 cm³/mol. The molecule has 0 N–H and O–H groups in total. The normalized spacial score (nSPS) is 12.1. The van der Waals surface area contributed by atoms with Crippen molar-refractivity contribution in [1.82, 2.24) is 14.9 Å². The van der Waals surface area contributed by atoms with Crippen molar-refractivity contribution < 1.29 is 27.4 Å². The Kier molecular flexibility index (Phi) is 12.5. The minimum Gasteiger partial charge on any atom is -0.493 e. The van der Waals surface area contributed by atoms with Gasteiger partial charge >= 0.3 is 6.18 Å². The molecule has 1 aromatic heterocycles. The number of carbonyl (C=O) groups excluding carboxylic acids is 1. The molecule has 6 nitrogen and oxygen atoms in total.